The van der Waals surface area contributed by atoms with E-state index in [0.29, 0.717) is 0 Å². The van der Waals surface area contributed by atoms with Crippen molar-refractivity contribution >= 4 is 12.9 Å². The van der Waals surface area contributed by atoms with Gasteiger partial charge in [0.2, 0.25) is 0 Å². The number of benzene rings is 2. The molecule has 0 saturated carbocycles. The number of hydrogen-bond acceptors (Lipinski definition) is 1. The molecule has 2 aromatic rings. The quantitative estimate of drug-likeness (QED) is 0.690. The maximum absolute atomic E-state index is 12.4. The van der Waals surface area contributed by atoms with Crippen molar-refractivity contribution in [3.63, 3.8) is 0 Å². The molecule has 0 spiro atoms. The van der Waals surface area contributed by atoms with Crippen LogP contribution in [-0.2, 0) is 4.57 Å². The van der Waals surface area contributed by atoms with Gasteiger partial charge >= 0.3 is 7.60 Å². The fourth-order valence-electron chi connectivity index (χ4n) is 3.45. The van der Waals surface area contributed by atoms with Gasteiger partial charge in [-0.15, -0.1) is 0 Å². The monoisotopic (exact) mass is 360 g/mol. The van der Waals surface area contributed by atoms with Crippen LogP contribution in [0.3, 0.4) is 0 Å². The molecule has 2 N–H and O–H groups in total. The lowest BCUT2D eigenvalue weighted by Crippen LogP contribution is -2.22. The molecule has 0 unspecified atom stereocenters. The summed E-state index contributed by atoms with van der Waals surface area (Å²) in [5.74, 6) is 0.313. The summed E-state index contributed by atoms with van der Waals surface area (Å²) in [6, 6.07) is 11.9. The van der Waals surface area contributed by atoms with Crippen LogP contribution >= 0.6 is 7.60 Å². The Balaban J connectivity index is 3.06. The highest BCUT2D eigenvalue weighted by atomic mass is 31.2. The Bertz CT molecular complexity index is 787. The van der Waals surface area contributed by atoms with Gasteiger partial charge in [-0.2, -0.15) is 0 Å². The molecular formula is C21H29O3P. The van der Waals surface area contributed by atoms with Gasteiger partial charge in [-0.05, 0) is 45.6 Å². The molecule has 2 rings (SSSR count). The Morgan fingerprint density at radius 2 is 1.32 bits per heavy atom. The Kier molecular flexibility index (Phi) is 5.93. The Hall–Kier alpha value is -1.41. The maximum Gasteiger partial charge on any atom is 0.356 e. The smallest absolute Gasteiger partial charge is 0.321 e. The molecule has 3 nitrogen and oxygen atoms in total. The first-order valence-electron chi connectivity index (χ1n) is 8.87. The Morgan fingerprint density at radius 3 is 1.72 bits per heavy atom. The van der Waals surface area contributed by atoms with Crippen molar-refractivity contribution in [2.24, 2.45) is 0 Å². The zero-order chi connectivity index (χ0) is 18.9. The molecule has 0 bridgehead atoms. The molecular weight excluding hydrogens is 331 g/mol. The minimum absolute atomic E-state index is 0.00836. The van der Waals surface area contributed by atoms with Crippen molar-refractivity contribution in [1.82, 2.24) is 0 Å². The first kappa shape index (κ1) is 19.9. The molecule has 0 fully saturated rings. The predicted molar refractivity (Wildman–Crippen MR) is 106 cm³/mol. The van der Waals surface area contributed by atoms with Gasteiger partial charge < -0.3 is 9.79 Å². The van der Waals surface area contributed by atoms with Gasteiger partial charge in [-0.25, -0.2) is 0 Å². The first-order valence-corrected chi connectivity index (χ1v) is 10.5. The second-order valence-electron chi connectivity index (χ2n) is 7.57. The SMILES string of the molecule is CC(C)c1cc(C(C)C)c(P(=O)(O)O)c(C(C)C)c1-c1ccccc1. The summed E-state index contributed by atoms with van der Waals surface area (Å²) in [6.07, 6.45) is 0. The van der Waals surface area contributed by atoms with Crippen LogP contribution in [0.15, 0.2) is 36.4 Å². The molecule has 0 aliphatic carbocycles. The highest BCUT2D eigenvalue weighted by Gasteiger charge is 2.32. The minimum Gasteiger partial charge on any atom is -0.321 e. The van der Waals surface area contributed by atoms with Crippen LogP contribution in [0.1, 0.15) is 76.0 Å². The molecule has 0 heterocycles. The molecule has 0 atom stereocenters. The van der Waals surface area contributed by atoms with E-state index in [-0.39, 0.29) is 23.1 Å². The zero-order valence-corrected chi connectivity index (χ0v) is 16.8. The topological polar surface area (TPSA) is 57.5 Å². The van der Waals surface area contributed by atoms with Crippen molar-refractivity contribution < 1.29 is 14.4 Å². The minimum atomic E-state index is -4.40. The molecule has 0 aliphatic rings. The lowest BCUT2D eigenvalue weighted by molar-refractivity contribution is 0.386. The van der Waals surface area contributed by atoms with Gasteiger partial charge in [-0.1, -0.05) is 77.9 Å². The van der Waals surface area contributed by atoms with Crippen LogP contribution in [0.5, 0.6) is 0 Å². The van der Waals surface area contributed by atoms with Gasteiger partial charge in [-0.3, -0.25) is 4.57 Å². The molecule has 2 aromatic carbocycles. The zero-order valence-electron chi connectivity index (χ0n) is 15.9. The predicted octanol–water partition coefficient (Wildman–Crippen LogP) is 5.53. The van der Waals surface area contributed by atoms with E-state index >= 15 is 0 Å². The molecule has 25 heavy (non-hydrogen) atoms. The second kappa shape index (κ2) is 7.45. The van der Waals surface area contributed by atoms with E-state index in [1.54, 1.807) is 0 Å². The summed E-state index contributed by atoms with van der Waals surface area (Å²) in [5, 5.41) is 0.223. The Morgan fingerprint density at radius 1 is 0.800 bits per heavy atom. The van der Waals surface area contributed by atoms with Crippen LogP contribution < -0.4 is 5.30 Å². The number of rotatable bonds is 5. The summed E-state index contributed by atoms with van der Waals surface area (Å²) < 4.78 is 12.4. The summed E-state index contributed by atoms with van der Waals surface area (Å²) in [7, 11) is -4.40. The van der Waals surface area contributed by atoms with E-state index in [1.165, 1.54) is 0 Å². The third kappa shape index (κ3) is 4.06. The largest absolute Gasteiger partial charge is 0.356 e. The molecule has 0 saturated heterocycles. The third-order valence-electron chi connectivity index (χ3n) is 4.57. The van der Waals surface area contributed by atoms with Crippen LogP contribution in [-0.4, -0.2) is 9.79 Å². The lowest BCUT2D eigenvalue weighted by Gasteiger charge is -2.28. The van der Waals surface area contributed by atoms with Gasteiger partial charge in [0.15, 0.2) is 0 Å². The van der Waals surface area contributed by atoms with E-state index in [4.69, 9.17) is 0 Å². The maximum atomic E-state index is 12.4. The van der Waals surface area contributed by atoms with Crippen molar-refractivity contribution in [2.45, 2.75) is 59.3 Å². The standard InChI is InChI=1S/C21H29O3P/c1-13(2)17-12-18(14(3)4)21(25(22,23)24)19(15(5)6)20(17)16-10-8-7-9-11-16/h7-15H,1-6H3,(H2,22,23,24). The summed E-state index contributed by atoms with van der Waals surface area (Å²) >= 11 is 0. The molecule has 0 radical (unpaired) electrons. The average Bonchev–Trinajstić information content (AvgIpc) is 2.52. The van der Waals surface area contributed by atoms with Crippen LogP contribution in [0.25, 0.3) is 11.1 Å². The van der Waals surface area contributed by atoms with E-state index < -0.39 is 7.60 Å². The van der Waals surface area contributed by atoms with Crippen molar-refractivity contribution in [3.8, 4) is 11.1 Å². The van der Waals surface area contributed by atoms with E-state index in [2.05, 4.69) is 13.8 Å². The van der Waals surface area contributed by atoms with E-state index in [9.17, 15) is 14.4 Å². The molecule has 4 heteroatoms. The fourth-order valence-corrected chi connectivity index (χ4v) is 4.79. The summed E-state index contributed by atoms with van der Waals surface area (Å²) in [6.45, 7) is 12.3. The molecule has 136 valence electrons. The molecule has 0 aliphatic heterocycles. The van der Waals surface area contributed by atoms with Crippen molar-refractivity contribution in [2.75, 3.05) is 0 Å². The summed E-state index contributed by atoms with van der Waals surface area (Å²) in [5.41, 5.74) is 4.69. The Labute approximate surface area is 151 Å². The highest BCUT2D eigenvalue weighted by Crippen LogP contribution is 2.46. The van der Waals surface area contributed by atoms with E-state index in [1.807, 2.05) is 64.1 Å². The van der Waals surface area contributed by atoms with E-state index in [0.717, 1.165) is 27.8 Å². The number of hydrogen-bond donors (Lipinski definition) is 2. The van der Waals surface area contributed by atoms with Gasteiger partial charge in [0, 0.05) is 0 Å². The van der Waals surface area contributed by atoms with Crippen LogP contribution in [0, 0.1) is 0 Å². The van der Waals surface area contributed by atoms with Gasteiger partial charge in [0.05, 0.1) is 5.30 Å². The second-order valence-corrected chi connectivity index (χ2v) is 9.10. The first-order chi connectivity index (χ1) is 11.6. The average molecular weight is 360 g/mol. The third-order valence-corrected chi connectivity index (χ3v) is 5.65. The molecule has 0 amide bonds. The van der Waals surface area contributed by atoms with Gasteiger partial charge in [0.25, 0.3) is 0 Å². The normalized spacial score (nSPS) is 12.4. The lowest BCUT2D eigenvalue weighted by atomic mass is 9.81. The van der Waals surface area contributed by atoms with Crippen molar-refractivity contribution in [3.05, 3.63) is 53.1 Å². The van der Waals surface area contributed by atoms with Gasteiger partial charge in [0.1, 0.15) is 0 Å². The van der Waals surface area contributed by atoms with Crippen LogP contribution in [0.2, 0.25) is 0 Å². The fraction of sp³-hybridized carbons (Fsp3) is 0.429. The van der Waals surface area contributed by atoms with Crippen molar-refractivity contribution in [1.29, 1.82) is 0 Å². The summed E-state index contributed by atoms with van der Waals surface area (Å²) in [4.78, 5) is 20.3. The highest BCUT2D eigenvalue weighted by molar-refractivity contribution is 7.60. The van der Waals surface area contributed by atoms with Crippen LogP contribution in [0.4, 0.5) is 0 Å². The molecule has 0 aromatic heterocycles.